The van der Waals surface area contributed by atoms with Gasteiger partial charge in [-0.1, -0.05) is 23.4 Å². The molecule has 0 saturated carbocycles. The summed E-state index contributed by atoms with van der Waals surface area (Å²) in [5.41, 5.74) is 1.65. The molecule has 0 bridgehead atoms. The van der Waals surface area contributed by atoms with Crippen molar-refractivity contribution >= 4 is 50.8 Å². The lowest BCUT2D eigenvalue weighted by atomic mass is 10.2. The van der Waals surface area contributed by atoms with E-state index in [0.29, 0.717) is 5.02 Å². The fourth-order valence-corrected chi connectivity index (χ4v) is 4.54. The topological polar surface area (TPSA) is 75.1 Å². The average molecular weight is 380 g/mol. The predicted octanol–water partition coefficient (Wildman–Crippen LogP) is 3.29. The zero-order valence-corrected chi connectivity index (χ0v) is 14.9. The SMILES string of the molecule is O=C(NCCO)C(Sc1nc2cc(Cl)ccc2s1)c1ccncc1. The lowest BCUT2D eigenvalue weighted by molar-refractivity contribution is -0.120. The molecule has 0 aliphatic rings. The molecule has 0 spiro atoms. The molecule has 0 saturated heterocycles. The molecular weight excluding hydrogens is 366 g/mol. The predicted molar refractivity (Wildman–Crippen MR) is 97.6 cm³/mol. The van der Waals surface area contributed by atoms with Gasteiger partial charge in [0.25, 0.3) is 0 Å². The van der Waals surface area contributed by atoms with E-state index < -0.39 is 5.25 Å². The molecule has 0 radical (unpaired) electrons. The molecule has 0 aliphatic carbocycles. The standard InChI is InChI=1S/C16H14ClN3O2S2/c17-11-1-2-13-12(9-11)20-16(23-13)24-14(15(22)19-7-8-21)10-3-5-18-6-4-10/h1-6,9,14,21H,7-8H2,(H,19,22). The van der Waals surface area contributed by atoms with Crippen LogP contribution in [0.2, 0.25) is 5.02 Å². The first-order valence-corrected chi connectivity index (χ1v) is 9.26. The molecular formula is C16H14ClN3O2S2. The van der Waals surface area contributed by atoms with Gasteiger partial charge in [0.05, 0.1) is 16.8 Å². The maximum Gasteiger partial charge on any atom is 0.238 e. The number of rotatable bonds is 6. The first-order valence-electron chi connectivity index (χ1n) is 7.18. The van der Waals surface area contributed by atoms with Crippen LogP contribution in [0.5, 0.6) is 0 Å². The highest BCUT2D eigenvalue weighted by Gasteiger charge is 2.23. The van der Waals surface area contributed by atoms with Gasteiger partial charge in [0, 0.05) is 24.0 Å². The summed E-state index contributed by atoms with van der Waals surface area (Å²) in [6, 6.07) is 9.17. The van der Waals surface area contributed by atoms with Crippen molar-refractivity contribution in [2.45, 2.75) is 9.59 Å². The lowest BCUT2D eigenvalue weighted by Crippen LogP contribution is -2.30. The zero-order chi connectivity index (χ0) is 16.9. The van der Waals surface area contributed by atoms with Crippen LogP contribution in [0.1, 0.15) is 10.8 Å². The van der Waals surface area contributed by atoms with Gasteiger partial charge in [0.15, 0.2) is 4.34 Å². The number of amides is 1. The van der Waals surface area contributed by atoms with Gasteiger partial charge < -0.3 is 10.4 Å². The zero-order valence-electron chi connectivity index (χ0n) is 12.5. The summed E-state index contributed by atoms with van der Waals surface area (Å²) in [7, 11) is 0. The van der Waals surface area contributed by atoms with Crippen LogP contribution in [0.4, 0.5) is 0 Å². The van der Waals surface area contributed by atoms with E-state index in [-0.39, 0.29) is 19.1 Å². The van der Waals surface area contributed by atoms with Gasteiger partial charge in [0.2, 0.25) is 5.91 Å². The highest BCUT2D eigenvalue weighted by Crippen LogP contribution is 2.39. The number of thioether (sulfide) groups is 1. The van der Waals surface area contributed by atoms with E-state index in [2.05, 4.69) is 15.3 Å². The van der Waals surface area contributed by atoms with Gasteiger partial charge in [-0.25, -0.2) is 4.98 Å². The second-order valence-corrected chi connectivity index (χ2v) is 7.70. The summed E-state index contributed by atoms with van der Waals surface area (Å²) in [6.45, 7) is 0.121. The molecule has 2 aromatic heterocycles. The Bertz CT molecular complexity index is 842. The largest absolute Gasteiger partial charge is 0.395 e. The van der Waals surface area contributed by atoms with Crippen molar-refractivity contribution in [2.24, 2.45) is 0 Å². The van der Waals surface area contributed by atoms with Crippen molar-refractivity contribution in [2.75, 3.05) is 13.2 Å². The number of hydrogen-bond donors (Lipinski definition) is 2. The highest BCUT2D eigenvalue weighted by atomic mass is 35.5. The Labute approximate surface area is 152 Å². The van der Waals surface area contributed by atoms with Crippen LogP contribution in [-0.4, -0.2) is 34.1 Å². The molecule has 2 heterocycles. The van der Waals surface area contributed by atoms with E-state index >= 15 is 0 Å². The molecule has 124 valence electrons. The van der Waals surface area contributed by atoms with Crippen molar-refractivity contribution in [3.63, 3.8) is 0 Å². The average Bonchev–Trinajstić information content (AvgIpc) is 3.00. The van der Waals surface area contributed by atoms with E-state index in [9.17, 15) is 4.79 Å². The van der Waals surface area contributed by atoms with Gasteiger partial charge in [-0.05, 0) is 35.9 Å². The van der Waals surface area contributed by atoms with Crippen LogP contribution in [0.25, 0.3) is 10.2 Å². The number of benzene rings is 1. The third-order valence-electron chi connectivity index (χ3n) is 3.21. The second-order valence-electron chi connectivity index (χ2n) is 4.88. The number of nitrogens with one attached hydrogen (secondary N) is 1. The van der Waals surface area contributed by atoms with Crippen molar-refractivity contribution in [1.29, 1.82) is 0 Å². The molecule has 1 aromatic carbocycles. The molecule has 2 N–H and O–H groups in total. The number of aliphatic hydroxyl groups excluding tert-OH is 1. The number of carbonyl (C=O) groups excluding carboxylic acids is 1. The normalized spacial score (nSPS) is 12.2. The van der Waals surface area contributed by atoms with E-state index in [1.165, 1.54) is 23.1 Å². The number of halogens is 1. The Morgan fingerprint density at radius 2 is 2.12 bits per heavy atom. The van der Waals surface area contributed by atoms with E-state index in [1.807, 2.05) is 18.2 Å². The number of fused-ring (bicyclic) bond motifs is 1. The molecule has 8 heteroatoms. The molecule has 3 rings (SSSR count). The van der Waals surface area contributed by atoms with Crippen LogP contribution in [0, 0.1) is 0 Å². The molecule has 24 heavy (non-hydrogen) atoms. The summed E-state index contributed by atoms with van der Waals surface area (Å²) in [6.07, 6.45) is 3.31. The number of aliphatic hydroxyl groups is 1. The molecule has 3 aromatic rings. The van der Waals surface area contributed by atoms with Crippen LogP contribution in [0.15, 0.2) is 47.1 Å². The van der Waals surface area contributed by atoms with Crippen LogP contribution in [0.3, 0.4) is 0 Å². The van der Waals surface area contributed by atoms with Crippen molar-refractivity contribution < 1.29 is 9.90 Å². The highest BCUT2D eigenvalue weighted by molar-refractivity contribution is 8.02. The summed E-state index contributed by atoms with van der Waals surface area (Å²) in [4.78, 5) is 21.0. The number of aromatic nitrogens is 2. The number of hydrogen-bond acceptors (Lipinski definition) is 6. The monoisotopic (exact) mass is 379 g/mol. The van der Waals surface area contributed by atoms with Gasteiger partial charge in [-0.3, -0.25) is 9.78 Å². The molecule has 1 unspecified atom stereocenters. The Balaban J connectivity index is 1.88. The van der Waals surface area contributed by atoms with Crippen molar-refractivity contribution in [1.82, 2.24) is 15.3 Å². The fraction of sp³-hybridized carbons (Fsp3) is 0.188. The van der Waals surface area contributed by atoms with Crippen molar-refractivity contribution in [3.05, 3.63) is 53.3 Å². The minimum atomic E-state index is -0.462. The molecule has 0 aliphatic heterocycles. The Morgan fingerprint density at radius 1 is 1.33 bits per heavy atom. The maximum atomic E-state index is 12.5. The van der Waals surface area contributed by atoms with Crippen LogP contribution in [-0.2, 0) is 4.79 Å². The third-order valence-corrected chi connectivity index (χ3v) is 5.83. The third kappa shape index (κ3) is 4.05. The van der Waals surface area contributed by atoms with Crippen LogP contribution >= 0.6 is 34.7 Å². The molecule has 5 nitrogen and oxygen atoms in total. The number of pyridine rings is 1. The van der Waals surface area contributed by atoms with Gasteiger partial charge in [-0.2, -0.15) is 0 Å². The van der Waals surface area contributed by atoms with Crippen molar-refractivity contribution in [3.8, 4) is 0 Å². The maximum absolute atomic E-state index is 12.5. The van der Waals surface area contributed by atoms with E-state index in [1.54, 1.807) is 24.5 Å². The summed E-state index contributed by atoms with van der Waals surface area (Å²) in [5, 5.41) is 11.8. The fourth-order valence-electron chi connectivity index (χ4n) is 2.11. The number of nitrogens with zero attached hydrogens (tertiary/aromatic N) is 2. The first-order chi connectivity index (χ1) is 11.7. The molecule has 0 fully saturated rings. The summed E-state index contributed by atoms with van der Waals surface area (Å²) in [5.74, 6) is -0.169. The molecule has 1 atom stereocenters. The van der Waals surface area contributed by atoms with Gasteiger partial charge in [-0.15, -0.1) is 11.3 Å². The second kappa shape index (κ2) is 7.94. The summed E-state index contributed by atoms with van der Waals surface area (Å²) >= 11 is 8.89. The Kier molecular flexibility index (Phi) is 5.68. The van der Waals surface area contributed by atoms with Gasteiger partial charge >= 0.3 is 0 Å². The summed E-state index contributed by atoms with van der Waals surface area (Å²) < 4.78 is 1.80. The number of thiazole rings is 1. The van der Waals surface area contributed by atoms with E-state index in [4.69, 9.17) is 16.7 Å². The Morgan fingerprint density at radius 3 is 2.88 bits per heavy atom. The lowest BCUT2D eigenvalue weighted by Gasteiger charge is -2.15. The Hall–Kier alpha value is -1.67. The van der Waals surface area contributed by atoms with Crippen LogP contribution < -0.4 is 5.32 Å². The minimum Gasteiger partial charge on any atom is -0.395 e. The van der Waals surface area contributed by atoms with E-state index in [0.717, 1.165) is 20.1 Å². The molecule has 1 amide bonds. The van der Waals surface area contributed by atoms with Gasteiger partial charge in [0.1, 0.15) is 5.25 Å². The number of carbonyl (C=O) groups is 1. The smallest absolute Gasteiger partial charge is 0.238 e. The quantitative estimate of drug-likeness (QED) is 0.643. The minimum absolute atomic E-state index is 0.0981. The first kappa shape index (κ1) is 17.2.